The van der Waals surface area contributed by atoms with Crippen molar-refractivity contribution in [1.82, 2.24) is 4.98 Å². The molecule has 3 aromatic rings. The van der Waals surface area contributed by atoms with Gasteiger partial charge in [0, 0.05) is 36.4 Å². The van der Waals surface area contributed by atoms with Gasteiger partial charge in [-0.2, -0.15) is 0 Å². The molecule has 0 saturated heterocycles. The van der Waals surface area contributed by atoms with Gasteiger partial charge in [-0.3, -0.25) is 14.6 Å². The molecule has 2 amide bonds. The van der Waals surface area contributed by atoms with Crippen molar-refractivity contribution in [2.45, 2.75) is 19.8 Å². The number of nitrogens with zero attached hydrogens (tertiary/aromatic N) is 2. The van der Waals surface area contributed by atoms with E-state index >= 15 is 0 Å². The fraction of sp³-hybridized carbons (Fsp3) is 0.160. The number of carbonyl (C=O) groups is 2. The summed E-state index contributed by atoms with van der Waals surface area (Å²) < 4.78 is 0. The van der Waals surface area contributed by atoms with E-state index in [9.17, 15) is 9.59 Å². The molecule has 1 aromatic heterocycles. The molecule has 0 bridgehead atoms. The van der Waals surface area contributed by atoms with Gasteiger partial charge in [-0.1, -0.05) is 30.3 Å². The Hall–Kier alpha value is -3.73. The van der Waals surface area contributed by atoms with Crippen molar-refractivity contribution >= 4 is 28.8 Å². The third-order valence-corrected chi connectivity index (χ3v) is 5.20. The number of allylic oxidation sites excluding steroid dienone is 1. The number of fused-ring (bicyclic) bond motifs is 1. The van der Waals surface area contributed by atoms with Crippen LogP contribution in [0.25, 0.3) is 5.57 Å². The van der Waals surface area contributed by atoms with Crippen LogP contribution in [0.5, 0.6) is 0 Å². The van der Waals surface area contributed by atoms with Gasteiger partial charge in [-0.05, 0) is 66.8 Å². The van der Waals surface area contributed by atoms with Crippen LogP contribution in [-0.2, 0) is 11.2 Å². The minimum absolute atomic E-state index is 0.0535. The lowest BCUT2D eigenvalue weighted by Crippen LogP contribution is -2.35. The fourth-order valence-electron chi connectivity index (χ4n) is 3.69. The van der Waals surface area contributed by atoms with E-state index in [4.69, 9.17) is 0 Å². The molecule has 0 fully saturated rings. The molecular formula is C25H23N3O2. The summed E-state index contributed by atoms with van der Waals surface area (Å²) in [6.45, 7) is 2.59. The minimum Gasteiger partial charge on any atom is -0.322 e. The normalized spacial score (nSPS) is 13.5. The van der Waals surface area contributed by atoms with Crippen molar-refractivity contribution in [3.05, 3.63) is 95.8 Å². The molecule has 150 valence electrons. The molecule has 30 heavy (non-hydrogen) atoms. The maximum Gasteiger partial charge on any atom is 0.259 e. The second-order valence-electron chi connectivity index (χ2n) is 7.33. The maximum atomic E-state index is 12.9. The summed E-state index contributed by atoms with van der Waals surface area (Å²) in [7, 11) is 0. The number of hydrogen-bond donors (Lipinski definition) is 1. The molecule has 5 heteroatoms. The lowest BCUT2D eigenvalue weighted by Gasteiger charge is -2.30. The first-order chi connectivity index (χ1) is 14.6. The van der Waals surface area contributed by atoms with Crippen molar-refractivity contribution in [3.63, 3.8) is 0 Å². The lowest BCUT2D eigenvalue weighted by molar-refractivity contribution is -0.111. The standard InChI is InChI=1S/C25H23N3O2/c1-18(19-7-3-2-4-8-19)15-24(29)27-22-11-12-23-20(16-22)10-6-14-28(23)25(30)21-9-5-13-26-17-21/h2-5,7-9,11-13,15-17H,6,10,14H2,1H3,(H,27,29)/b18-15+. The van der Waals surface area contributed by atoms with Crippen LogP contribution in [0, 0.1) is 0 Å². The first-order valence-electron chi connectivity index (χ1n) is 10.0. The van der Waals surface area contributed by atoms with Crippen LogP contribution < -0.4 is 10.2 Å². The summed E-state index contributed by atoms with van der Waals surface area (Å²) >= 11 is 0. The van der Waals surface area contributed by atoms with Gasteiger partial charge in [0.05, 0.1) is 5.56 Å². The number of nitrogens with one attached hydrogen (secondary N) is 1. The zero-order chi connectivity index (χ0) is 20.9. The highest BCUT2D eigenvalue weighted by Crippen LogP contribution is 2.31. The largest absolute Gasteiger partial charge is 0.322 e. The van der Waals surface area contributed by atoms with Gasteiger partial charge < -0.3 is 10.2 Å². The maximum absolute atomic E-state index is 12.9. The Morgan fingerprint density at radius 2 is 1.83 bits per heavy atom. The van der Waals surface area contributed by atoms with Crippen LogP contribution in [0.15, 0.2) is 79.1 Å². The first kappa shape index (κ1) is 19.6. The SMILES string of the molecule is C/C(=C\C(=O)Nc1ccc2c(c1)CCCN2C(=O)c1cccnc1)c1ccccc1. The molecule has 0 radical (unpaired) electrons. The molecule has 1 aliphatic heterocycles. The Kier molecular flexibility index (Phi) is 5.70. The second kappa shape index (κ2) is 8.74. The Morgan fingerprint density at radius 1 is 1.03 bits per heavy atom. The van der Waals surface area contributed by atoms with E-state index in [1.807, 2.05) is 55.5 Å². The van der Waals surface area contributed by atoms with E-state index in [1.54, 1.807) is 35.5 Å². The number of anilines is 2. The van der Waals surface area contributed by atoms with Gasteiger partial charge in [0.1, 0.15) is 0 Å². The van der Waals surface area contributed by atoms with Gasteiger partial charge in [-0.25, -0.2) is 0 Å². The summed E-state index contributed by atoms with van der Waals surface area (Å²) in [6, 6.07) is 19.1. The molecule has 2 heterocycles. The highest BCUT2D eigenvalue weighted by Gasteiger charge is 2.24. The number of aryl methyl sites for hydroxylation is 1. The summed E-state index contributed by atoms with van der Waals surface area (Å²) in [5, 5.41) is 2.94. The number of pyridine rings is 1. The van der Waals surface area contributed by atoms with Gasteiger partial charge in [0.15, 0.2) is 0 Å². The monoisotopic (exact) mass is 397 g/mol. The van der Waals surface area contributed by atoms with Gasteiger partial charge in [0.2, 0.25) is 5.91 Å². The number of hydrogen-bond acceptors (Lipinski definition) is 3. The molecule has 4 rings (SSSR count). The summed E-state index contributed by atoms with van der Waals surface area (Å²) in [4.78, 5) is 31.2. The van der Waals surface area contributed by atoms with Crippen molar-refractivity contribution in [3.8, 4) is 0 Å². The zero-order valence-corrected chi connectivity index (χ0v) is 16.8. The molecule has 1 aliphatic rings. The Morgan fingerprint density at radius 3 is 2.60 bits per heavy atom. The van der Waals surface area contributed by atoms with E-state index < -0.39 is 0 Å². The smallest absolute Gasteiger partial charge is 0.259 e. The fourth-order valence-corrected chi connectivity index (χ4v) is 3.69. The third kappa shape index (κ3) is 4.30. The summed E-state index contributed by atoms with van der Waals surface area (Å²) in [5.41, 5.74) is 5.17. The van der Waals surface area contributed by atoms with Crippen LogP contribution in [0.1, 0.15) is 34.8 Å². The van der Waals surface area contributed by atoms with Crippen LogP contribution in [-0.4, -0.2) is 23.3 Å². The van der Waals surface area contributed by atoms with Gasteiger partial charge >= 0.3 is 0 Å². The molecule has 0 spiro atoms. The third-order valence-electron chi connectivity index (χ3n) is 5.20. The predicted octanol–water partition coefficient (Wildman–Crippen LogP) is 4.72. The molecule has 0 saturated carbocycles. The average molecular weight is 397 g/mol. The Balaban J connectivity index is 1.51. The van der Waals surface area contributed by atoms with E-state index in [0.717, 1.165) is 40.9 Å². The summed E-state index contributed by atoms with van der Waals surface area (Å²) in [6.07, 6.45) is 6.60. The van der Waals surface area contributed by atoms with Crippen LogP contribution in [0.4, 0.5) is 11.4 Å². The van der Waals surface area contributed by atoms with E-state index in [2.05, 4.69) is 10.3 Å². The zero-order valence-electron chi connectivity index (χ0n) is 16.8. The molecule has 0 atom stereocenters. The predicted molar refractivity (Wildman–Crippen MR) is 119 cm³/mol. The van der Waals surface area contributed by atoms with E-state index in [1.165, 1.54) is 0 Å². The molecule has 0 unspecified atom stereocenters. The molecule has 1 N–H and O–H groups in total. The molecule has 2 aromatic carbocycles. The van der Waals surface area contributed by atoms with Crippen molar-refractivity contribution in [1.29, 1.82) is 0 Å². The van der Waals surface area contributed by atoms with Gasteiger partial charge in [-0.15, -0.1) is 0 Å². The first-order valence-corrected chi connectivity index (χ1v) is 10.0. The highest BCUT2D eigenvalue weighted by atomic mass is 16.2. The topological polar surface area (TPSA) is 62.3 Å². The van der Waals surface area contributed by atoms with E-state index in [0.29, 0.717) is 12.1 Å². The Bertz CT molecular complexity index is 1090. The minimum atomic E-state index is -0.171. The number of benzene rings is 2. The molecule has 5 nitrogen and oxygen atoms in total. The molecular weight excluding hydrogens is 374 g/mol. The van der Waals surface area contributed by atoms with Crippen molar-refractivity contribution in [2.24, 2.45) is 0 Å². The average Bonchev–Trinajstić information content (AvgIpc) is 2.79. The summed E-state index contributed by atoms with van der Waals surface area (Å²) in [5.74, 6) is -0.224. The number of carbonyl (C=O) groups excluding carboxylic acids is 2. The number of amides is 2. The second-order valence-corrected chi connectivity index (χ2v) is 7.33. The van der Waals surface area contributed by atoms with Gasteiger partial charge in [0.25, 0.3) is 5.91 Å². The van der Waals surface area contributed by atoms with E-state index in [-0.39, 0.29) is 11.8 Å². The number of aromatic nitrogens is 1. The van der Waals surface area contributed by atoms with Crippen LogP contribution in [0.2, 0.25) is 0 Å². The number of rotatable bonds is 4. The van der Waals surface area contributed by atoms with Crippen LogP contribution >= 0.6 is 0 Å². The lowest BCUT2D eigenvalue weighted by atomic mass is 10.00. The quantitative estimate of drug-likeness (QED) is 0.648. The Labute approximate surface area is 176 Å². The van der Waals surface area contributed by atoms with Crippen molar-refractivity contribution < 1.29 is 9.59 Å². The van der Waals surface area contributed by atoms with Crippen molar-refractivity contribution in [2.75, 3.05) is 16.8 Å². The molecule has 0 aliphatic carbocycles. The van der Waals surface area contributed by atoms with Crippen LogP contribution in [0.3, 0.4) is 0 Å². The highest BCUT2D eigenvalue weighted by molar-refractivity contribution is 6.07.